The second kappa shape index (κ2) is 5.20. The van der Waals surface area contributed by atoms with Crippen LogP contribution in [0.2, 0.25) is 0 Å². The predicted molar refractivity (Wildman–Crippen MR) is 89.6 cm³/mol. The zero-order valence-electron chi connectivity index (χ0n) is 11.1. The molecule has 102 valence electrons. The Morgan fingerprint density at radius 2 is 2.10 bits per heavy atom. The van der Waals surface area contributed by atoms with Crippen LogP contribution in [0.4, 0.5) is 11.4 Å². The maximum atomic E-state index is 3.48. The molecule has 1 atom stereocenters. The van der Waals surface area contributed by atoms with Crippen LogP contribution in [0.5, 0.6) is 0 Å². The third kappa shape index (κ3) is 2.14. The van der Waals surface area contributed by atoms with Crippen molar-refractivity contribution in [3.05, 3.63) is 46.5 Å². The molecule has 20 heavy (non-hydrogen) atoms. The highest BCUT2D eigenvalue weighted by atomic mass is 32.1. The molecule has 0 spiro atoms. The Morgan fingerprint density at radius 1 is 1.10 bits per heavy atom. The van der Waals surface area contributed by atoms with E-state index >= 15 is 0 Å². The van der Waals surface area contributed by atoms with Crippen LogP contribution in [0.1, 0.15) is 6.42 Å². The molecule has 0 saturated carbocycles. The fourth-order valence-corrected chi connectivity index (χ4v) is 4.37. The van der Waals surface area contributed by atoms with E-state index in [1.807, 2.05) is 11.3 Å². The van der Waals surface area contributed by atoms with Crippen LogP contribution in [-0.2, 0) is 0 Å². The lowest BCUT2D eigenvalue weighted by molar-refractivity contribution is 0.713. The first kappa shape index (κ1) is 12.4. The van der Waals surface area contributed by atoms with Crippen LogP contribution in [0.25, 0.3) is 10.1 Å². The van der Waals surface area contributed by atoms with E-state index in [2.05, 4.69) is 56.7 Å². The van der Waals surface area contributed by atoms with Crippen molar-refractivity contribution in [3.8, 4) is 0 Å². The standard InChI is InChI=1S/C16H16N2S2/c1-2-13(9-16-12(1)4-8-20-16)18(14-3-6-17-10-14)15-5-7-19-11-15/h1-2,4-5,7-9,11,14,17H,3,6,10H2/t14-/m0/s1. The van der Waals surface area contributed by atoms with Gasteiger partial charge < -0.3 is 10.2 Å². The minimum absolute atomic E-state index is 0.557. The van der Waals surface area contributed by atoms with Gasteiger partial charge in [-0.2, -0.15) is 11.3 Å². The van der Waals surface area contributed by atoms with Gasteiger partial charge in [0.2, 0.25) is 0 Å². The van der Waals surface area contributed by atoms with Crippen LogP contribution in [0, 0.1) is 0 Å². The maximum Gasteiger partial charge on any atom is 0.0522 e. The lowest BCUT2D eigenvalue weighted by atomic mass is 10.1. The highest BCUT2D eigenvalue weighted by Gasteiger charge is 2.24. The predicted octanol–water partition coefficient (Wildman–Crippen LogP) is 4.46. The summed E-state index contributed by atoms with van der Waals surface area (Å²) in [6.07, 6.45) is 1.21. The second-order valence-corrected chi connectivity index (χ2v) is 6.87. The van der Waals surface area contributed by atoms with Gasteiger partial charge in [-0.15, -0.1) is 11.3 Å². The smallest absolute Gasteiger partial charge is 0.0522 e. The molecule has 2 aromatic heterocycles. The number of hydrogen-bond donors (Lipinski definition) is 1. The van der Waals surface area contributed by atoms with Gasteiger partial charge in [0.05, 0.1) is 5.69 Å². The fourth-order valence-electron chi connectivity index (χ4n) is 2.92. The maximum absolute atomic E-state index is 3.48. The Kier molecular flexibility index (Phi) is 3.22. The molecule has 2 nitrogen and oxygen atoms in total. The van der Waals surface area contributed by atoms with Crippen LogP contribution in [-0.4, -0.2) is 19.1 Å². The molecule has 1 saturated heterocycles. The van der Waals surface area contributed by atoms with Crippen molar-refractivity contribution in [1.29, 1.82) is 0 Å². The summed E-state index contributed by atoms with van der Waals surface area (Å²) in [5.41, 5.74) is 2.63. The Labute approximate surface area is 126 Å². The van der Waals surface area contributed by atoms with Gasteiger partial charge in [0.1, 0.15) is 0 Å². The number of rotatable bonds is 3. The van der Waals surface area contributed by atoms with Crippen LogP contribution in [0.15, 0.2) is 46.5 Å². The highest BCUT2D eigenvalue weighted by Crippen LogP contribution is 2.34. The Morgan fingerprint density at radius 3 is 2.90 bits per heavy atom. The van der Waals surface area contributed by atoms with Crippen molar-refractivity contribution in [2.24, 2.45) is 0 Å². The van der Waals surface area contributed by atoms with Gasteiger partial charge >= 0.3 is 0 Å². The third-order valence-corrected chi connectivity index (χ3v) is 5.45. The monoisotopic (exact) mass is 300 g/mol. The number of benzene rings is 1. The summed E-state index contributed by atoms with van der Waals surface area (Å²) >= 11 is 3.59. The molecule has 0 aliphatic carbocycles. The van der Waals surface area contributed by atoms with E-state index < -0.39 is 0 Å². The minimum Gasteiger partial charge on any atom is -0.336 e. The Bertz CT molecular complexity index is 696. The molecule has 4 rings (SSSR count). The summed E-state index contributed by atoms with van der Waals surface area (Å²) in [4.78, 5) is 2.50. The average Bonchev–Trinajstić information content (AvgIpc) is 3.22. The SMILES string of the molecule is c1cc(N(c2ccc3ccsc3c2)[C@H]2CCNC2)cs1. The van der Waals surface area contributed by atoms with Crippen molar-refractivity contribution < 1.29 is 0 Å². The summed E-state index contributed by atoms with van der Waals surface area (Å²) in [7, 11) is 0. The molecule has 1 aliphatic heterocycles. The van der Waals surface area contributed by atoms with E-state index in [-0.39, 0.29) is 0 Å². The first-order valence-electron chi connectivity index (χ1n) is 6.91. The van der Waals surface area contributed by atoms with E-state index in [1.54, 1.807) is 11.3 Å². The number of nitrogens with one attached hydrogen (secondary N) is 1. The van der Waals surface area contributed by atoms with E-state index in [0.29, 0.717) is 6.04 Å². The van der Waals surface area contributed by atoms with Crippen LogP contribution in [0.3, 0.4) is 0 Å². The molecule has 1 fully saturated rings. The fraction of sp³-hybridized carbons (Fsp3) is 0.250. The molecule has 1 aliphatic rings. The summed E-state index contributed by atoms with van der Waals surface area (Å²) in [6, 6.07) is 11.8. The molecule has 1 aromatic carbocycles. The van der Waals surface area contributed by atoms with Gasteiger partial charge in [-0.05, 0) is 53.4 Å². The molecule has 0 radical (unpaired) electrons. The molecule has 3 aromatic rings. The van der Waals surface area contributed by atoms with Gasteiger partial charge in [-0.25, -0.2) is 0 Å². The van der Waals surface area contributed by atoms with Gasteiger partial charge in [0.15, 0.2) is 0 Å². The zero-order valence-corrected chi connectivity index (χ0v) is 12.7. The molecule has 0 bridgehead atoms. The number of hydrogen-bond acceptors (Lipinski definition) is 4. The molecule has 0 unspecified atom stereocenters. The summed E-state index contributed by atoms with van der Waals surface area (Å²) < 4.78 is 1.37. The summed E-state index contributed by atoms with van der Waals surface area (Å²) in [5.74, 6) is 0. The van der Waals surface area contributed by atoms with Gasteiger partial charge in [-0.1, -0.05) is 6.07 Å². The number of anilines is 2. The number of thiophene rings is 2. The first-order valence-corrected chi connectivity index (χ1v) is 8.73. The normalized spacial score (nSPS) is 18.7. The lowest BCUT2D eigenvalue weighted by Crippen LogP contribution is -2.32. The highest BCUT2D eigenvalue weighted by molar-refractivity contribution is 7.17. The van der Waals surface area contributed by atoms with Gasteiger partial charge in [0.25, 0.3) is 0 Å². The topological polar surface area (TPSA) is 15.3 Å². The molecule has 0 amide bonds. The van der Waals surface area contributed by atoms with Crippen LogP contribution >= 0.6 is 22.7 Å². The van der Waals surface area contributed by atoms with E-state index in [0.717, 1.165) is 13.1 Å². The van der Waals surface area contributed by atoms with Crippen LogP contribution < -0.4 is 10.2 Å². The van der Waals surface area contributed by atoms with E-state index in [4.69, 9.17) is 0 Å². The van der Waals surface area contributed by atoms with E-state index in [9.17, 15) is 0 Å². The van der Waals surface area contributed by atoms with Crippen molar-refractivity contribution in [2.75, 3.05) is 18.0 Å². The summed E-state index contributed by atoms with van der Waals surface area (Å²) in [5, 5.41) is 11.4. The van der Waals surface area contributed by atoms with Crippen molar-refractivity contribution in [1.82, 2.24) is 5.32 Å². The summed E-state index contributed by atoms with van der Waals surface area (Å²) in [6.45, 7) is 2.19. The molecule has 4 heteroatoms. The van der Waals surface area contributed by atoms with Crippen molar-refractivity contribution in [3.63, 3.8) is 0 Å². The quantitative estimate of drug-likeness (QED) is 0.768. The first-order chi connectivity index (χ1) is 9.92. The van der Waals surface area contributed by atoms with Gasteiger partial charge in [-0.3, -0.25) is 0 Å². The lowest BCUT2D eigenvalue weighted by Gasteiger charge is -2.30. The third-order valence-electron chi connectivity index (χ3n) is 3.90. The number of fused-ring (bicyclic) bond motifs is 1. The zero-order chi connectivity index (χ0) is 13.4. The molecule has 3 heterocycles. The van der Waals surface area contributed by atoms with E-state index in [1.165, 1.54) is 27.9 Å². The Hall–Kier alpha value is -1.36. The molecular weight excluding hydrogens is 284 g/mol. The Balaban J connectivity index is 1.80. The molecular formula is C16H16N2S2. The second-order valence-electron chi connectivity index (χ2n) is 5.14. The average molecular weight is 300 g/mol. The number of nitrogens with zero attached hydrogens (tertiary/aromatic N) is 1. The van der Waals surface area contributed by atoms with Gasteiger partial charge in [0, 0.05) is 28.4 Å². The molecule has 1 N–H and O–H groups in total. The van der Waals surface area contributed by atoms with Crippen molar-refractivity contribution in [2.45, 2.75) is 12.5 Å². The minimum atomic E-state index is 0.557. The van der Waals surface area contributed by atoms with Crippen molar-refractivity contribution >= 4 is 44.1 Å². The largest absolute Gasteiger partial charge is 0.336 e.